The van der Waals surface area contributed by atoms with Crippen LogP contribution in [0, 0.1) is 12.8 Å². The first-order chi connectivity index (χ1) is 16.6. The van der Waals surface area contributed by atoms with E-state index in [2.05, 4.69) is 46.3 Å². The molecule has 0 spiro atoms. The Labute approximate surface area is 203 Å². The van der Waals surface area contributed by atoms with Gasteiger partial charge in [-0.15, -0.1) is 0 Å². The van der Waals surface area contributed by atoms with E-state index in [0.717, 1.165) is 51.1 Å². The molecule has 2 saturated heterocycles. The second-order valence-electron chi connectivity index (χ2n) is 9.30. The van der Waals surface area contributed by atoms with E-state index in [1.54, 1.807) is 6.08 Å². The lowest BCUT2D eigenvalue weighted by Gasteiger charge is -2.36. The molecule has 1 N–H and O–H groups in total. The fourth-order valence-corrected chi connectivity index (χ4v) is 4.74. The van der Waals surface area contributed by atoms with Gasteiger partial charge in [-0.3, -0.25) is 14.5 Å². The molecule has 180 valence electrons. The van der Waals surface area contributed by atoms with Gasteiger partial charge in [-0.2, -0.15) is 0 Å². The minimum atomic E-state index is 0.000297. The number of piperazine rings is 1. The van der Waals surface area contributed by atoms with E-state index in [1.807, 2.05) is 41.3 Å². The summed E-state index contributed by atoms with van der Waals surface area (Å²) in [6, 6.07) is 18.5. The lowest BCUT2D eigenvalue weighted by Crippen LogP contribution is -2.49. The molecule has 2 heterocycles. The smallest absolute Gasteiger partial charge is 0.246 e. The van der Waals surface area contributed by atoms with Crippen LogP contribution in [-0.2, 0) is 9.59 Å². The number of nitrogens with one attached hydrogen (secondary N) is 1. The number of amides is 2. The van der Waals surface area contributed by atoms with E-state index in [1.165, 1.54) is 11.3 Å². The fourth-order valence-electron chi connectivity index (χ4n) is 4.74. The van der Waals surface area contributed by atoms with Crippen LogP contribution in [0.2, 0.25) is 0 Å². The monoisotopic (exact) mass is 460 g/mol. The maximum Gasteiger partial charge on any atom is 0.246 e. The molecule has 0 atom stereocenters. The zero-order chi connectivity index (χ0) is 23.8. The van der Waals surface area contributed by atoms with E-state index < -0.39 is 0 Å². The Morgan fingerprint density at radius 1 is 0.941 bits per heavy atom. The highest BCUT2D eigenvalue weighted by atomic mass is 16.2. The maximum absolute atomic E-state index is 12.6. The van der Waals surface area contributed by atoms with Crippen molar-refractivity contribution in [3.63, 3.8) is 0 Å². The van der Waals surface area contributed by atoms with Gasteiger partial charge in [-0.25, -0.2) is 0 Å². The lowest BCUT2D eigenvalue weighted by atomic mass is 9.96. The highest BCUT2D eigenvalue weighted by Gasteiger charge is 2.26. The SMILES string of the molecule is Cc1cccc(N2CCN(CCNC(=O)C3CCN(C(=O)/C=C/c4ccccc4)CC3)CC2)c1. The number of hydrogen-bond donors (Lipinski definition) is 1. The Morgan fingerprint density at radius 3 is 2.38 bits per heavy atom. The Kier molecular flexibility index (Phi) is 8.36. The van der Waals surface area contributed by atoms with Crippen molar-refractivity contribution in [2.24, 2.45) is 5.92 Å². The molecular weight excluding hydrogens is 424 g/mol. The van der Waals surface area contributed by atoms with Crippen LogP contribution in [0.5, 0.6) is 0 Å². The minimum absolute atomic E-state index is 0.000297. The standard InChI is InChI=1S/C28H36N4O2/c1-23-6-5-9-26(22-23)31-20-18-30(19-21-31)17-14-29-28(34)25-12-15-32(16-13-25)27(33)11-10-24-7-3-2-4-8-24/h2-11,22,25H,12-21H2,1H3,(H,29,34)/b11-10+. The average Bonchev–Trinajstić information content (AvgIpc) is 2.88. The Balaban J connectivity index is 1.12. The molecule has 2 aliphatic heterocycles. The molecule has 2 fully saturated rings. The number of carbonyl (C=O) groups is 2. The third-order valence-corrected chi connectivity index (χ3v) is 6.86. The first kappa shape index (κ1) is 24.0. The van der Waals surface area contributed by atoms with Gasteiger partial charge in [0.1, 0.15) is 0 Å². The first-order valence-corrected chi connectivity index (χ1v) is 12.4. The van der Waals surface area contributed by atoms with Crippen molar-refractivity contribution in [1.82, 2.24) is 15.1 Å². The average molecular weight is 461 g/mol. The summed E-state index contributed by atoms with van der Waals surface area (Å²) in [5.41, 5.74) is 3.61. The summed E-state index contributed by atoms with van der Waals surface area (Å²) in [6.45, 7) is 9.03. The molecule has 0 aromatic heterocycles. The maximum atomic E-state index is 12.6. The molecule has 34 heavy (non-hydrogen) atoms. The van der Waals surface area contributed by atoms with Crippen molar-refractivity contribution in [3.8, 4) is 0 Å². The van der Waals surface area contributed by atoms with Gasteiger partial charge >= 0.3 is 0 Å². The van der Waals surface area contributed by atoms with Crippen LogP contribution in [-0.4, -0.2) is 74.0 Å². The van der Waals surface area contributed by atoms with E-state index in [4.69, 9.17) is 0 Å². The summed E-state index contributed by atoms with van der Waals surface area (Å²) in [7, 11) is 0. The molecule has 0 unspecified atom stereocenters. The molecule has 0 radical (unpaired) electrons. The normalized spacial score (nSPS) is 17.8. The van der Waals surface area contributed by atoms with E-state index in [9.17, 15) is 9.59 Å². The fraction of sp³-hybridized carbons (Fsp3) is 0.429. The number of benzene rings is 2. The Bertz CT molecular complexity index is 975. The first-order valence-electron chi connectivity index (χ1n) is 12.4. The molecule has 0 saturated carbocycles. The van der Waals surface area contributed by atoms with Crippen LogP contribution < -0.4 is 10.2 Å². The van der Waals surface area contributed by atoms with Gasteiger partial charge in [0.25, 0.3) is 0 Å². The Hall–Kier alpha value is -3.12. The molecule has 2 amide bonds. The number of carbonyl (C=O) groups excluding carboxylic acids is 2. The van der Waals surface area contributed by atoms with Crippen molar-refractivity contribution in [3.05, 3.63) is 71.8 Å². The summed E-state index contributed by atoms with van der Waals surface area (Å²) >= 11 is 0. The van der Waals surface area contributed by atoms with Crippen LogP contribution >= 0.6 is 0 Å². The van der Waals surface area contributed by atoms with Crippen molar-refractivity contribution in [2.45, 2.75) is 19.8 Å². The molecular formula is C28H36N4O2. The summed E-state index contributed by atoms with van der Waals surface area (Å²) < 4.78 is 0. The molecule has 6 heteroatoms. The number of likely N-dealkylation sites (tertiary alicyclic amines) is 1. The van der Waals surface area contributed by atoms with Crippen LogP contribution in [0.3, 0.4) is 0 Å². The van der Waals surface area contributed by atoms with Crippen LogP contribution in [0.4, 0.5) is 5.69 Å². The van der Waals surface area contributed by atoms with Gasteiger partial charge in [-0.05, 0) is 49.1 Å². The van der Waals surface area contributed by atoms with Gasteiger partial charge in [-0.1, -0.05) is 42.5 Å². The number of aryl methyl sites for hydroxylation is 1. The number of piperidine rings is 1. The summed E-state index contributed by atoms with van der Waals surface area (Å²) in [4.78, 5) is 31.8. The molecule has 0 bridgehead atoms. The van der Waals surface area contributed by atoms with Crippen LogP contribution in [0.25, 0.3) is 6.08 Å². The number of hydrogen-bond acceptors (Lipinski definition) is 4. The van der Waals surface area contributed by atoms with Crippen molar-refractivity contribution in [2.75, 3.05) is 57.3 Å². The van der Waals surface area contributed by atoms with Crippen LogP contribution in [0.15, 0.2) is 60.7 Å². The second-order valence-corrected chi connectivity index (χ2v) is 9.30. The van der Waals surface area contributed by atoms with Crippen molar-refractivity contribution in [1.29, 1.82) is 0 Å². The predicted octanol–water partition coefficient (Wildman–Crippen LogP) is 3.19. The summed E-state index contributed by atoms with van der Waals surface area (Å²) in [5, 5.41) is 3.13. The second kappa shape index (κ2) is 11.8. The minimum Gasteiger partial charge on any atom is -0.369 e. The van der Waals surface area contributed by atoms with E-state index >= 15 is 0 Å². The molecule has 4 rings (SSSR count). The number of rotatable bonds is 7. The summed E-state index contributed by atoms with van der Waals surface area (Å²) in [5.74, 6) is 0.151. The van der Waals surface area contributed by atoms with Crippen molar-refractivity contribution >= 4 is 23.6 Å². The molecule has 0 aliphatic carbocycles. The largest absolute Gasteiger partial charge is 0.369 e. The third-order valence-electron chi connectivity index (χ3n) is 6.86. The Morgan fingerprint density at radius 2 is 1.68 bits per heavy atom. The zero-order valence-electron chi connectivity index (χ0n) is 20.2. The van der Waals surface area contributed by atoms with Gasteiger partial charge in [0.15, 0.2) is 0 Å². The molecule has 2 aromatic carbocycles. The number of anilines is 1. The van der Waals surface area contributed by atoms with E-state index in [0.29, 0.717) is 19.6 Å². The van der Waals surface area contributed by atoms with Crippen molar-refractivity contribution < 1.29 is 9.59 Å². The lowest BCUT2D eigenvalue weighted by molar-refractivity contribution is -0.132. The third kappa shape index (κ3) is 6.70. The molecule has 6 nitrogen and oxygen atoms in total. The molecule has 2 aliphatic rings. The van der Waals surface area contributed by atoms with Gasteiger partial charge < -0.3 is 15.1 Å². The zero-order valence-corrected chi connectivity index (χ0v) is 20.2. The predicted molar refractivity (Wildman–Crippen MR) is 138 cm³/mol. The highest BCUT2D eigenvalue weighted by Crippen LogP contribution is 2.19. The number of nitrogens with zero attached hydrogens (tertiary/aromatic N) is 3. The quantitative estimate of drug-likeness (QED) is 0.645. The van der Waals surface area contributed by atoms with Gasteiger partial charge in [0.2, 0.25) is 11.8 Å². The van der Waals surface area contributed by atoms with E-state index in [-0.39, 0.29) is 17.7 Å². The topological polar surface area (TPSA) is 55.9 Å². The highest BCUT2D eigenvalue weighted by molar-refractivity contribution is 5.92. The van der Waals surface area contributed by atoms with Crippen LogP contribution in [0.1, 0.15) is 24.0 Å². The summed E-state index contributed by atoms with van der Waals surface area (Å²) in [6.07, 6.45) is 4.94. The molecule has 2 aromatic rings. The van der Waals surface area contributed by atoms with Gasteiger partial charge in [0, 0.05) is 70.0 Å². The van der Waals surface area contributed by atoms with Gasteiger partial charge in [0.05, 0.1) is 0 Å².